The van der Waals surface area contributed by atoms with E-state index >= 15 is 0 Å². The molecule has 0 atom stereocenters. The number of hydrogen-bond donors (Lipinski definition) is 0. The summed E-state index contributed by atoms with van der Waals surface area (Å²) in [6.07, 6.45) is -4.88. The number of imide groups is 1. The first-order valence-corrected chi connectivity index (χ1v) is 7.85. The van der Waals surface area contributed by atoms with Crippen molar-refractivity contribution in [2.45, 2.75) is 6.36 Å². The fourth-order valence-electron chi connectivity index (χ4n) is 2.53. The maximum Gasteiger partial charge on any atom is 0.573 e. The van der Waals surface area contributed by atoms with Gasteiger partial charge >= 0.3 is 6.36 Å². The third kappa shape index (κ3) is 3.67. The summed E-state index contributed by atoms with van der Waals surface area (Å²) < 4.78 is 40.4. The van der Waals surface area contributed by atoms with Crippen molar-refractivity contribution in [2.75, 3.05) is 4.90 Å². The van der Waals surface area contributed by atoms with Gasteiger partial charge in [0, 0.05) is 12.1 Å². The first-order chi connectivity index (χ1) is 13.1. The molecule has 2 aromatic carbocycles. The fourth-order valence-corrected chi connectivity index (χ4v) is 2.81. The molecule has 1 aliphatic rings. The highest BCUT2D eigenvalue weighted by atomic mass is 35.5. The minimum Gasteiger partial charge on any atom is -0.406 e. The Kier molecular flexibility index (Phi) is 4.82. The van der Waals surface area contributed by atoms with E-state index in [9.17, 15) is 32.9 Å². The van der Waals surface area contributed by atoms with Gasteiger partial charge < -0.3 is 4.74 Å². The summed E-state index contributed by atoms with van der Waals surface area (Å²) in [7, 11) is 0. The molecule has 3 rings (SSSR count). The lowest BCUT2D eigenvalue weighted by atomic mass is 10.1. The van der Waals surface area contributed by atoms with Gasteiger partial charge in [0.2, 0.25) is 0 Å². The predicted molar refractivity (Wildman–Crippen MR) is 91.5 cm³/mol. The Bertz CT molecular complexity index is 1000. The summed E-state index contributed by atoms with van der Waals surface area (Å²) in [5, 5.41) is 10.3. The van der Waals surface area contributed by atoms with Crippen molar-refractivity contribution in [3.63, 3.8) is 0 Å². The lowest BCUT2D eigenvalue weighted by Gasteiger charge is -2.16. The Morgan fingerprint density at radius 3 is 2.04 bits per heavy atom. The Balaban J connectivity index is 1.89. The average Bonchev–Trinajstić information content (AvgIpc) is 2.84. The van der Waals surface area contributed by atoms with Gasteiger partial charge in [-0.15, -0.1) is 13.2 Å². The number of ether oxygens (including phenoxy) is 1. The summed E-state index contributed by atoms with van der Waals surface area (Å²) in [6.45, 7) is 0. The quantitative estimate of drug-likeness (QED) is 0.430. The van der Waals surface area contributed by atoms with E-state index in [0.29, 0.717) is 4.90 Å². The number of nitro groups is 1. The van der Waals surface area contributed by atoms with E-state index in [1.165, 1.54) is 12.1 Å². The summed E-state index contributed by atoms with van der Waals surface area (Å²) in [4.78, 5) is 35.8. The SMILES string of the molecule is O=C1C(Cl)=C(c2ccc([N+](=O)[O-])cc2)C(=O)N1c1ccc(OC(F)(F)F)cc1. The zero-order chi connectivity index (χ0) is 20.6. The van der Waals surface area contributed by atoms with Crippen LogP contribution >= 0.6 is 11.6 Å². The van der Waals surface area contributed by atoms with Crippen LogP contribution in [0, 0.1) is 10.1 Å². The van der Waals surface area contributed by atoms with E-state index < -0.39 is 33.9 Å². The molecule has 0 spiro atoms. The highest BCUT2D eigenvalue weighted by Gasteiger charge is 2.39. The molecule has 2 aromatic rings. The van der Waals surface area contributed by atoms with Crippen molar-refractivity contribution < 1.29 is 32.4 Å². The Hall–Kier alpha value is -3.40. The van der Waals surface area contributed by atoms with Gasteiger partial charge in [0.15, 0.2) is 0 Å². The van der Waals surface area contributed by atoms with E-state index in [0.717, 1.165) is 36.4 Å². The van der Waals surface area contributed by atoms with Crippen molar-refractivity contribution in [1.29, 1.82) is 0 Å². The highest BCUT2D eigenvalue weighted by Crippen LogP contribution is 2.36. The summed E-state index contributed by atoms with van der Waals surface area (Å²) in [5.41, 5.74) is -0.209. The monoisotopic (exact) mass is 412 g/mol. The van der Waals surface area contributed by atoms with Crippen LogP contribution < -0.4 is 9.64 Å². The van der Waals surface area contributed by atoms with Gasteiger partial charge in [-0.25, -0.2) is 4.90 Å². The van der Waals surface area contributed by atoms with Gasteiger partial charge in [-0.3, -0.25) is 19.7 Å². The standard InChI is InChI=1S/C17H8ClF3N2O5/c18-14-13(9-1-3-11(4-2-9)23(26)27)15(24)22(16(14)25)10-5-7-12(8-6-10)28-17(19,20)21/h1-8H. The molecule has 1 aliphatic heterocycles. The van der Waals surface area contributed by atoms with E-state index in [4.69, 9.17) is 11.6 Å². The molecule has 0 bridgehead atoms. The predicted octanol–water partition coefficient (Wildman–Crippen LogP) is 4.02. The van der Waals surface area contributed by atoms with E-state index in [-0.39, 0.29) is 22.5 Å². The number of rotatable bonds is 4. The van der Waals surface area contributed by atoms with Crippen LogP contribution in [0.1, 0.15) is 5.56 Å². The second kappa shape index (κ2) is 6.97. The molecule has 28 heavy (non-hydrogen) atoms. The third-order valence-corrected chi connectivity index (χ3v) is 4.07. The number of benzene rings is 2. The maximum atomic E-state index is 12.7. The first kappa shape index (κ1) is 19.4. The van der Waals surface area contributed by atoms with Crippen LogP contribution in [-0.4, -0.2) is 23.1 Å². The van der Waals surface area contributed by atoms with Crippen LogP contribution in [0.2, 0.25) is 0 Å². The second-order valence-corrected chi connectivity index (χ2v) is 5.86. The van der Waals surface area contributed by atoms with Gasteiger partial charge in [0.25, 0.3) is 17.5 Å². The molecule has 0 aliphatic carbocycles. The number of anilines is 1. The Morgan fingerprint density at radius 1 is 0.964 bits per heavy atom. The molecular weight excluding hydrogens is 405 g/mol. The lowest BCUT2D eigenvalue weighted by Crippen LogP contribution is -2.31. The first-order valence-electron chi connectivity index (χ1n) is 7.47. The number of nitro benzene ring substituents is 1. The highest BCUT2D eigenvalue weighted by molar-refractivity contribution is 6.60. The molecule has 0 unspecified atom stereocenters. The second-order valence-electron chi connectivity index (χ2n) is 5.48. The molecule has 7 nitrogen and oxygen atoms in total. The van der Waals surface area contributed by atoms with Crippen LogP contribution in [0.4, 0.5) is 24.5 Å². The molecule has 0 radical (unpaired) electrons. The largest absolute Gasteiger partial charge is 0.573 e. The van der Waals surface area contributed by atoms with Crippen molar-refractivity contribution >= 4 is 40.4 Å². The molecule has 0 aromatic heterocycles. The van der Waals surface area contributed by atoms with Gasteiger partial charge in [-0.05, 0) is 42.0 Å². The molecule has 0 saturated carbocycles. The number of carbonyl (C=O) groups is 2. The van der Waals surface area contributed by atoms with E-state index in [2.05, 4.69) is 4.74 Å². The minimum atomic E-state index is -4.88. The number of nitrogens with zero attached hydrogens (tertiary/aromatic N) is 2. The van der Waals surface area contributed by atoms with E-state index in [1.54, 1.807) is 0 Å². The lowest BCUT2D eigenvalue weighted by molar-refractivity contribution is -0.384. The molecular formula is C17H8ClF3N2O5. The zero-order valence-corrected chi connectivity index (χ0v) is 14.3. The smallest absolute Gasteiger partial charge is 0.406 e. The van der Waals surface area contributed by atoms with Crippen LogP contribution in [-0.2, 0) is 9.59 Å². The minimum absolute atomic E-state index is 0.0143. The van der Waals surface area contributed by atoms with Gasteiger partial charge in [-0.2, -0.15) is 0 Å². The molecule has 1 heterocycles. The molecule has 0 fully saturated rings. The normalized spacial score (nSPS) is 14.6. The van der Waals surface area contributed by atoms with Crippen molar-refractivity contribution in [2.24, 2.45) is 0 Å². The van der Waals surface area contributed by atoms with Crippen LogP contribution in [0.25, 0.3) is 5.57 Å². The maximum absolute atomic E-state index is 12.7. The topological polar surface area (TPSA) is 89.8 Å². The number of carbonyl (C=O) groups excluding carboxylic acids is 2. The molecule has 11 heteroatoms. The van der Waals surface area contributed by atoms with Crippen molar-refractivity contribution in [3.8, 4) is 5.75 Å². The molecule has 2 amide bonds. The summed E-state index contributed by atoms with van der Waals surface area (Å²) >= 11 is 5.98. The molecule has 0 N–H and O–H groups in total. The number of halogens is 4. The van der Waals surface area contributed by atoms with Gasteiger partial charge in [0.05, 0.1) is 16.2 Å². The van der Waals surface area contributed by atoms with Crippen LogP contribution in [0.3, 0.4) is 0 Å². The van der Waals surface area contributed by atoms with E-state index in [1.807, 2.05) is 0 Å². The van der Waals surface area contributed by atoms with Gasteiger partial charge in [-0.1, -0.05) is 11.6 Å². The number of amides is 2. The number of hydrogen-bond acceptors (Lipinski definition) is 5. The number of non-ortho nitro benzene ring substituents is 1. The Morgan fingerprint density at radius 2 is 1.54 bits per heavy atom. The summed E-state index contributed by atoms with van der Waals surface area (Å²) in [6, 6.07) is 8.92. The average molecular weight is 413 g/mol. The van der Waals surface area contributed by atoms with Crippen LogP contribution in [0.15, 0.2) is 53.6 Å². The third-order valence-electron chi connectivity index (χ3n) is 3.72. The fraction of sp³-hybridized carbons (Fsp3) is 0.0588. The van der Waals surface area contributed by atoms with Crippen molar-refractivity contribution in [1.82, 2.24) is 0 Å². The zero-order valence-electron chi connectivity index (χ0n) is 13.6. The molecule has 0 saturated heterocycles. The van der Waals surface area contributed by atoms with Crippen molar-refractivity contribution in [3.05, 3.63) is 69.2 Å². The molecule has 144 valence electrons. The summed E-state index contributed by atoms with van der Waals surface area (Å²) in [5.74, 6) is -2.21. The number of alkyl halides is 3. The van der Waals surface area contributed by atoms with Gasteiger partial charge in [0.1, 0.15) is 10.8 Å². The van der Waals surface area contributed by atoms with Crippen LogP contribution in [0.5, 0.6) is 5.75 Å². The Labute approximate surface area is 159 Å².